The van der Waals surface area contributed by atoms with Gasteiger partial charge in [-0.15, -0.1) is 0 Å². The van der Waals surface area contributed by atoms with Crippen LogP contribution in [-0.2, 0) is 54.8 Å². The van der Waals surface area contributed by atoms with E-state index in [4.69, 9.17) is 61.8 Å². The molecule has 3 heterocycles. The Hall–Kier alpha value is -3.93. The summed E-state index contributed by atoms with van der Waals surface area (Å²) < 4.78 is 71.0. The molecule has 0 saturated heterocycles. The zero-order valence-electron chi connectivity index (χ0n) is 29.4. The lowest BCUT2D eigenvalue weighted by molar-refractivity contribution is 0.00373. The summed E-state index contributed by atoms with van der Waals surface area (Å²) in [6.07, 6.45) is 0. The first kappa shape index (κ1) is 39.3. The minimum Gasteiger partial charge on any atom is -0.487 e. The summed E-state index contributed by atoms with van der Waals surface area (Å²) in [5.74, 6) is 2.25. The highest BCUT2D eigenvalue weighted by atomic mass is 16.6. The normalized spacial score (nSPS) is 18.2. The molecule has 0 atom stereocenters. The maximum Gasteiger partial charge on any atom is 0.203 e. The van der Waals surface area contributed by atoms with E-state index in [1.807, 2.05) is 18.2 Å². The van der Waals surface area contributed by atoms with Gasteiger partial charge in [0.25, 0.3) is 0 Å². The molecule has 2 aromatic carbocycles. The number of ether oxygens (including phenoxy) is 12. The zero-order valence-corrected chi connectivity index (χ0v) is 29.4. The number of benzene rings is 2. The topological polar surface area (TPSA) is 164 Å². The SMILES string of the molecule is OCc1cc2c3c(c1)OCCOCCOCCOCCOc1cc(CO)cc(c1OCc1cccc(n1)CO3)OCCOCCOCCOCCO2. The number of fused-ring (bicyclic) bond motifs is 2. The van der Waals surface area contributed by atoms with Crippen molar-refractivity contribution in [1.82, 2.24) is 4.98 Å². The second-order valence-corrected chi connectivity index (χ2v) is 11.4. The molecule has 0 unspecified atom stereocenters. The van der Waals surface area contributed by atoms with Crippen LogP contribution < -0.4 is 28.4 Å². The lowest BCUT2D eigenvalue weighted by Gasteiger charge is -2.19. The number of pyridine rings is 1. The van der Waals surface area contributed by atoms with Crippen molar-refractivity contribution in [2.75, 3.05) is 106 Å². The molecule has 0 saturated carbocycles. The van der Waals surface area contributed by atoms with Crippen molar-refractivity contribution < 1.29 is 67.1 Å². The molecule has 0 radical (unpaired) electrons. The summed E-state index contributed by atoms with van der Waals surface area (Å²) in [5.41, 5.74) is 2.42. The van der Waals surface area contributed by atoms with Crippen LogP contribution in [0.2, 0.25) is 0 Å². The first-order chi connectivity index (χ1) is 25.7. The summed E-state index contributed by atoms with van der Waals surface area (Å²) in [5, 5.41) is 20.0. The third-order valence-electron chi connectivity index (χ3n) is 7.55. The molecule has 286 valence electrons. The van der Waals surface area contributed by atoms with Gasteiger partial charge in [0, 0.05) is 0 Å². The van der Waals surface area contributed by atoms with E-state index in [1.165, 1.54) is 0 Å². The Balaban J connectivity index is 1.44. The Morgan fingerprint density at radius 3 is 0.981 bits per heavy atom. The average molecular weight is 732 g/mol. The summed E-state index contributed by atoms with van der Waals surface area (Å²) in [6.45, 7) is 4.80. The largest absolute Gasteiger partial charge is 0.487 e. The number of hydrogen-bond acceptors (Lipinski definition) is 15. The van der Waals surface area contributed by atoms with Crippen LogP contribution in [0.5, 0.6) is 34.5 Å². The van der Waals surface area contributed by atoms with Crippen molar-refractivity contribution in [3.8, 4) is 34.5 Å². The maximum atomic E-state index is 10.0. The highest BCUT2D eigenvalue weighted by molar-refractivity contribution is 5.55. The van der Waals surface area contributed by atoms with Gasteiger partial charge in [0.2, 0.25) is 11.5 Å². The lowest BCUT2D eigenvalue weighted by Crippen LogP contribution is -2.16. The molecule has 2 aliphatic heterocycles. The Kier molecular flexibility index (Phi) is 17.3. The van der Waals surface area contributed by atoms with E-state index in [2.05, 4.69) is 0 Å². The number of aliphatic hydroxyl groups is 2. The van der Waals surface area contributed by atoms with E-state index in [-0.39, 0.29) is 52.9 Å². The van der Waals surface area contributed by atoms with Crippen molar-refractivity contribution in [2.45, 2.75) is 26.4 Å². The number of nitrogens with zero attached hydrogens (tertiary/aromatic N) is 1. The van der Waals surface area contributed by atoms with Gasteiger partial charge in [-0.2, -0.15) is 0 Å². The van der Waals surface area contributed by atoms with Crippen LogP contribution in [0.15, 0.2) is 42.5 Å². The summed E-state index contributed by atoms with van der Waals surface area (Å²) >= 11 is 0. The van der Waals surface area contributed by atoms with Crippen molar-refractivity contribution in [1.29, 1.82) is 0 Å². The van der Waals surface area contributed by atoms with E-state index < -0.39 is 0 Å². The molecule has 2 N–H and O–H groups in total. The molecule has 0 fully saturated rings. The van der Waals surface area contributed by atoms with E-state index >= 15 is 0 Å². The van der Waals surface area contributed by atoms with Crippen LogP contribution in [-0.4, -0.2) is 121 Å². The molecule has 52 heavy (non-hydrogen) atoms. The second-order valence-electron chi connectivity index (χ2n) is 11.4. The van der Waals surface area contributed by atoms with E-state index in [0.29, 0.717) is 136 Å². The maximum absolute atomic E-state index is 10.0. The predicted octanol–water partition coefficient (Wildman–Crippen LogP) is 2.87. The molecule has 15 nitrogen and oxygen atoms in total. The molecule has 0 aliphatic carbocycles. The molecule has 1 aromatic heterocycles. The third kappa shape index (κ3) is 13.2. The monoisotopic (exact) mass is 731 g/mol. The van der Waals surface area contributed by atoms with Gasteiger partial charge in [-0.05, 0) is 47.5 Å². The van der Waals surface area contributed by atoms with Crippen LogP contribution in [0.1, 0.15) is 22.5 Å². The highest BCUT2D eigenvalue weighted by Gasteiger charge is 2.19. The molecule has 0 spiro atoms. The Labute approximate surface area is 303 Å². The molecule has 4 bridgehead atoms. The van der Waals surface area contributed by atoms with Gasteiger partial charge in [0.1, 0.15) is 39.6 Å². The Morgan fingerprint density at radius 1 is 0.404 bits per heavy atom. The average Bonchev–Trinajstić information content (AvgIpc) is 3.16. The zero-order chi connectivity index (χ0) is 36.1. The Morgan fingerprint density at radius 2 is 0.692 bits per heavy atom. The van der Waals surface area contributed by atoms with Gasteiger partial charge < -0.3 is 67.1 Å². The Bertz CT molecular complexity index is 1300. The van der Waals surface area contributed by atoms with E-state index in [0.717, 1.165) is 0 Å². The summed E-state index contributed by atoms with van der Waals surface area (Å²) in [7, 11) is 0. The molecule has 2 aliphatic rings. The second kappa shape index (κ2) is 22.9. The molecule has 15 heteroatoms. The van der Waals surface area contributed by atoms with Crippen LogP contribution in [0.25, 0.3) is 0 Å². The van der Waals surface area contributed by atoms with Gasteiger partial charge in [-0.25, -0.2) is 0 Å². The van der Waals surface area contributed by atoms with Crippen molar-refractivity contribution >= 4 is 0 Å². The van der Waals surface area contributed by atoms with Gasteiger partial charge in [0.05, 0.1) is 104 Å². The smallest absolute Gasteiger partial charge is 0.203 e. The fourth-order valence-corrected chi connectivity index (χ4v) is 5.07. The van der Waals surface area contributed by atoms with Crippen LogP contribution >= 0.6 is 0 Å². The quantitative estimate of drug-likeness (QED) is 0.395. The third-order valence-corrected chi connectivity index (χ3v) is 7.55. The summed E-state index contributed by atoms with van der Waals surface area (Å²) in [6, 6.07) is 12.4. The molecule has 3 aromatic rings. The highest BCUT2D eigenvalue weighted by Crippen LogP contribution is 2.41. The molecule has 0 amide bonds. The van der Waals surface area contributed by atoms with Crippen molar-refractivity contribution in [3.05, 3.63) is 65.0 Å². The van der Waals surface area contributed by atoms with Crippen LogP contribution in [0.4, 0.5) is 0 Å². The van der Waals surface area contributed by atoms with Gasteiger partial charge >= 0.3 is 0 Å². The standard InChI is InChI=1S/C37H49NO14/c39-24-28-20-32-36-33(21-28)48-17-13-44-9-5-42-7-11-46-15-19-50-35-23-29(25-40)22-34(37(35)52-27-31-3-1-2-30(38-31)26-51-36)49-18-14-45-10-6-41-4-8-43-12-16-47-32/h1-3,20-23,39-40H,4-19,24-27H2. The fourth-order valence-electron chi connectivity index (χ4n) is 5.07. The van der Waals surface area contributed by atoms with E-state index in [9.17, 15) is 10.2 Å². The van der Waals surface area contributed by atoms with Crippen molar-refractivity contribution in [2.24, 2.45) is 0 Å². The first-order valence-electron chi connectivity index (χ1n) is 17.5. The molecule has 5 rings (SSSR count). The van der Waals surface area contributed by atoms with E-state index in [1.54, 1.807) is 24.3 Å². The molecular weight excluding hydrogens is 682 g/mol. The predicted molar refractivity (Wildman–Crippen MR) is 185 cm³/mol. The summed E-state index contributed by atoms with van der Waals surface area (Å²) in [4.78, 5) is 4.77. The van der Waals surface area contributed by atoms with Crippen LogP contribution in [0, 0.1) is 0 Å². The van der Waals surface area contributed by atoms with Gasteiger partial charge in [-0.3, -0.25) is 4.98 Å². The number of rotatable bonds is 2. The van der Waals surface area contributed by atoms with Crippen LogP contribution in [0.3, 0.4) is 0 Å². The van der Waals surface area contributed by atoms with Gasteiger partial charge in [0.15, 0.2) is 23.0 Å². The van der Waals surface area contributed by atoms with Crippen molar-refractivity contribution in [3.63, 3.8) is 0 Å². The minimum absolute atomic E-state index is 0.0780. The number of aromatic nitrogens is 1. The number of aliphatic hydroxyl groups excluding tert-OH is 2. The van der Waals surface area contributed by atoms with Gasteiger partial charge in [-0.1, -0.05) is 6.07 Å². The first-order valence-corrected chi connectivity index (χ1v) is 17.5. The minimum atomic E-state index is -0.228. The number of hydrogen-bond donors (Lipinski definition) is 2. The fraction of sp³-hybridized carbons (Fsp3) is 0.541. The molecular formula is C37H49NO14. The lowest BCUT2D eigenvalue weighted by atomic mass is 10.2.